The van der Waals surface area contributed by atoms with E-state index >= 15 is 0 Å². The first-order valence-electron chi connectivity index (χ1n) is 7.44. The molecule has 2 unspecified atom stereocenters. The first-order chi connectivity index (χ1) is 8.66. The van der Waals surface area contributed by atoms with Crippen molar-refractivity contribution in [3.8, 4) is 0 Å². The average molecular weight is 245 g/mol. The molecule has 1 aliphatic rings. The van der Waals surface area contributed by atoms with Crippen molar-refractivity contribution >= 4 is 0 Å². The van der Waals surface area contributed by atoms with Gasteiger partial charge >= 0.3 is 0 Å². The topological polar surface area (TPSA) is 12.0 Å². The summed E-state index contributed by atoms with van der Waals surface area (Å²) in [6.07, 6.45) is 5.55. The summed E-state index contributed by atoms with van der Waals surface area (Å²) in [6, 6.07) is 9.43. The fourth-order valence-corrected chi connectivity index (χ4v) is 3.08. The second-order valence-electron chi connectivity index (χ2n) is 6.18. The Morgan fingerprint density at radius 2 is 2.00 bits per heavy atom. The Kier molecular flexibility index (Phi) is 4.82. The van der Waals surface area contributed by atoms with E-state index in [4.69, 9.17) is 0 Å². The quantitative estimate of drug-likeness (QED) is 0.834. The Morgan fingerprint density at radius 3 is 2.72 bits per heavy atom. The van der Waals surface area contributed by atoms with Gasteiger partial charge in [0.1, 0.15) is 0 Å². The van der Waals surface area contributed by atoms with E-state index in [2.05, 4.69) is 50.4 Å². The van der Waals surface area contributed by atoms with Gasteiger partial charge in [-0.25, -0.2) is 0 Å². The van der Waals surface area contributed by atoms with E-state index in [0.717, 1.165) is 24.4 Å². The molecule has 0 bridgehead atoms. The summed E-state index contributed by atoms with van der Waals surface area (Å²) >= 11 is 0. The van der Waals surface area contributed by atoms with Gasteiger partial charge < -0.3 is 5.32 Å². The SMILES string of the molecule is Cc1ccccc1CNC1CCCC(C(C)C)C1. The number of hydrogen-bond acceptors (Lipinski definition) is 1. The molecular formula is C17H27N. The van der Waals surface area contributed by atoms with Crippen LogP contribution in [0.3, 0.4) is 0 Å². The average Bonchev–Trinajstić information content (AvgIpc) is 2.38. The summed E-state index contributed by atoms with van der Waals surface area (Å²) in [4.78, 5) is 0. The van der Waals surface area contributed by atoms with E-state index in [1.807, 2.05) is 0 Å². The van der Waals surface area contributed by atoms with Crippen LogP contribution in [0.25, 0.3) is 0 Å². The van der Waals surface area contributed by atoms with Crippen molar-refractivity contribution < 1.29 is 0 Å². The van der Waals surface area contributed by atoms with E-state index < -0.39 is 0 Å². The summed E-state index contributed by atoms with van der Waals surface area (Å²) in [7, 11) is 0. The van der Waals surface area contributed by atoms with Gasteiger partial charge in [-0.05, 0) is 42.7 Å². The van der Waals surface area contributed by atoms with Crippen molar-refractivity contribution in [2.24, 2.45) is 11.8 Å². The van der Waals surface area contributed by atoms with Crippen LogP contribution in [-0.4, -0.2) is 6.04 Å². The van der Waals surface area contributed by atoms with Crippen molar-refractivity contribution in [1.82, 2.24) is 5.32 Å². The molecular weight excluding hydrogens is 218 g/mol. The van der Waals surface area contributed by atoms with Crippen LogP contribution in [0, 0.1) is 18.8 Å². The van der Waals surface area contributed by atoms with Crippen molar-refractivity contribution in [2.75, 3.05) is 0 Å². The Hall–Kier alpha value is -0.820. The third-order valence-corrected chi connectivity index (χ3v) is 4.50. The summed E-state index contributed by atoms with van der Waals surface area (Å²) in [5.41, 5.74) is 2.85. The van der Waals surface area contributed by atoms with E-state index in [1.54, 1.807) is 0 Å². The van der Waals surface area contributed by atoms with Gasteiger partial charge in [-0.2, -0.15) is 0 Å². The second kappa shape index (κ2) is 6.38. The molecule has 1 aliphatic carbocycles. The maximum Gasteiger partial charge on any atom is 0.0210 e. The van der Waals surface area contributed by atoms with Crippen LogP contribution in [-0.2, 0) is 6.54 Å². The highest BCUT2D eigenvalue weighted by Gasteiger charge is 2.23. The molecule has 0 aromatic heterocycles. The van der Waals surface area contributed by atoms with Crippen LogP contribution in [0.2, 0.25) is 0 Å². The molecule has 1 aromatic rings. The summed E-state index contributed by atoms with van der Waals surface area (Å²) in [6.45, 7) is 7.97. The van der Waals surface area contributed by atoms with Gasteiger partial charge in [0.15, 0.2) is 0 Å². The molecule has 100 valence electrons. The van der Waals surface area contributed by atoms with Crippen LogP contribution in [0.5, 0.6) is 0 Å². The van der Waals surface area contributed by atoms with E-state index in [9.17, 15) is 0 Å². The zero-order valence-electron chi connectivity index (χ0n) is 12.1. The monoisotopic (exact) mass is 245 g/mol. The zero-order valence-corrected chi connectivity index (χ0v) is 12.1. The minimum Gasteiger partial charge on any atom is -0.310 e. The maximum atomic E-state index is 3.76. The molecule has 0 aliphatic heterocycles. The van der Waals surface area contributed by atoms with Crippen LogP contribution < -0.4 is 5.32 Å². The Balaban J connectivity index is 1.85. The predicted molar refractivity (Wildman–Crippen MR) is 78.6 cm³/mol. The second-order valence-corrected chi connectivity index (χ2v) is 6.18. The molecule has 1 fully saturated rings. The standard InChI is InChI=1S/C17H27N/c1-13(2)15-9-6-10-17(11-15)18-12-16-8-5-4-7-14(16)3/h4-5,7-8,13,15,17-18H,6,9-12H2,1-3H3. The van der Waals surface area contributed by atoms with E-state index in [1.165, 1.54) is 36.8 Å². The summed E-state index contributed by atoms with van der Waals surface area (Å²) in [5.74, 6) is 1.76. The minimum absolute atomic E-state index is 0.728. The molecule has 18 heavy (non-hydrogen) atoms. The van der Waals surface area contributed by atoms with Gasteiger partial charge in [-0.1, -0.05) is 51.0 Å². The van der Waals surface area contributed by atoms with Gasteiger partial charge in [0, 0.05) is 12.6 Å². The lowest BCUT2D eigenvalue weighted by Gasteiger charge is -2.32. The van der Waals surface area contributed by atoms with Gasteiger partial charge in [-0.3, -0.25) is 0 Å². The highest BCUT2D eigenvalue weighted by Crippen LogP contribution is 2.30. The highest BCUT2D eigenvalue weighted by atomic mass is 14.9. The van der Waals surface area contributed by atoms with Gasteiger partial charge in [-0.15, -0.1) is 0 Å². The van der Waals surface area contributed by atoms with Crippen LogP contribution >= 0.6 is 0 Å². The predicted octanol–water partition coefficient (Wildman–Crippen LogP) is 4.30. The smallest absolute Gasteiger partial charge is 0.0210 e. The lowest BCUT2D eigenvalue weighted by Crippen LogP contribution is -2.35. The number of aryl methyl sites for hydroxylation is 1. The van der Waals surface area contributed by atoms with Gasteiger partial charge in [0.2, 0.25) is 0 Å². The molecule has 1 nitrogen and oxygen atoms in total. The normalized spacial score (nSPS) is 24.4. The third-order valence-electron chi connectivity index (χ3n) is 4.50. The molecule has 0 spiro atoms. The van der Waals surface area contributed by atoms with Gasteiger partial charge in [0.25, 0.3) is 0 Å². The number of rotatable bonds is 4. The Labute approximate surface area is 112 Å². The molecule has 0 heterocycles. The highest BCUT2D eigenvalue weighted by molar-refractivity contribution is 5.25. The summed E-state index contributed by atoms with van der Waals surface area (Å²) in [5, 5.41) is 3.76. The molecule has 0 saturated heterocycles. The van der Waals surface area contributed by atoms with Crippen molar-refractivity contribution in [3.63, 3.8) is 0 Å². The van der Waals surface area contributed by atoms with E-state index in [-0.39, 0.29) is 0 Å². The first kappa shape index (κ1) is 13.6. The summed E-state index contributed by atoms with van der Waals surface area (Å²) < 4.78 is 0. The minimum atomic E-state index is 0.728. The lowest BCUT2D eigenvalue weighted by atomic mass is 9.79. The van der Waals surface area contributed by atoms with Crippen molar-refractivity contribution in [3.05, 3.63) is 35.4 Å². The molecule has 1 N–H and O–H groups in total. The number of nitrogens with one attached hydrogen (secondary N) is 1. The number of hydrogen-bond donors (Lipinski definition) is 1. The lowest BCUT2D eigenvalue weighted by molar-refractivity contribution is 0.231. The Morgan fingerprint density at radius 1 is 1.22 bits per heavy atom. The van der Waals surface area contributed by atoms with Crippen LogP contribution in [0.15, 0.2) is 24.3 Å². The van der Waals surface area contributed by atoms with Crippen molar-refractivity contribution in [2.45, 2.75) is 59.0 Å². The Bertz CT molecular complexity index is 370. The van der Waals surface area contributed by atoms with Crippen molar-refractivity contribution in [1.29, 1.82) is 0 Å². The molecule has 1 heteroatoms. The van der Waals surface area contributed by atoms with Crippen LogP contribution in [0.1, 0.15) is 50.7 Å². The van der Waals surface area contributed by atoms with Gasteiger partial charge in [0.05, 0.1) is 0 Å². The fraction of sp³-hybridized carbons (Fsp3) is 0.647. The largest absolute Gasteiger partial charge is 0.310 e. The third kappa shape index (κ3) is 3.58. The number of benzene rings is 1. The van der Waals surface area contributed by atoms with E-state index in [0.29, 0.717) is 0 Å². The molecule has 2 rings (SSSR count). The zero-order chi connectivity index (χ0) is 13.0. The molecule has 0 amide bonds. The molecule has 1 saturated carbocycles. The molecule has 0 radical (unpaired) electrons. The first-order valence-corrected chi connectivity index (χ1v) is 7.44. The van der Waals surface area contributed by atoms with Crippen LogP contribution in [0.4, 0.5) is 0 Å². The molecule has 2 atom stereocenters. The maximum absolute atomic E-state index is 3.76. The molecule has 1 aromatic carbocycles. The fourth-order valence-electron chi connectivity index (χ4n) is 3.08.